The molecule has 0 aliphatic carbocycles. The zero-order valence-electron chi connectivity index (χ0n) is 18.2. The van der Waals surface area contributed by atoms with Crippen molar-refractivity contribution in [2.45, 2.75) is 45.2 Å². The van der Waals surface area contributed by atoms with Gasteiger partial charge in [-0.3, -0.25) is 0 Å². The highest BCUT2D eigenvalue weighted by molar-refractivity contribution is 5.81. The summed E-state index contributed by atoms with van der Waals surface area (Å²) in [6.45, 7) is 4.87. The van der Waals surface area contributed by atoms with E-state index in [4.69, 9.17) is 13.9 Å². The fourth-order valence-electron chi connectivity index (χ4n) is 2.98. The van der Waals surface area contributed by atoms with E-state index in [1.165, 1.54) is 6.07 Å². The molecule has 7 nitrogen and oxygen atoms in total. The lowest BCUT2D eigenvalue weighted by Crippen LogP contribution is -2.37. The summed E-state index contributed by atoms with van der Waals surface area (Å²) < 4.78 is 56.5. The van der Waals surface area contributed by atoms with Crippen molar-refractivity contribution < 1.29 is 31.9 Å². The molecule has 10 heteroatoms. The molecule has 1 amide bonds. The number of carbonyl (C=O) groups is 1. The van der Waals surface area contributed by atoms with Crippen LogP contribution in [0.1, 0.15) is 43.8 Å². The zero-order valence-corrected chi connectivity index (χ0v) is 18.2. The number of nitrogens with zero attached hydrogens (tertiary/aromatic N) is 1. The molecule has 0 fully saturated rings. The third-order valence-corrected chi connectivity index (χ3v) is 4.37. The van der Waals surface area contributed by atoms with Crippen LogP contribution in [0.15, 0.2) is 57.7 Å². The third-order valence-electron chi connectivity index (χ3n) is 4.37. The number of aromatic nitrogens is 1. The molecule has 0 saturated heterocycles. The minimum Gasteiger partial charge on any atom is -0.444 e. The lowest BCUT2D eigenvalue weighted by molar-refractivity contribution is -0.136. The first kappa shape index (κ1) is 24.2. The SMILES string of the molecule is CC(C)(C)OC(=O)NC(COCc1ccccc1)c1nc2c(C(F)(F)F)cccc2c(=O)o1. The van der Waals surface area contributed by atoms with Crippen LogP contribution in [0.2, 0.25) is 0 Å². The summed E-state index contributed by atoms with van der Waals surface area (Å²) in [5.41, 5.74) is -2.67. The molecule has 1 N–H and O–H groups in total. The Bertz CT molecular complexity index is 1170. The average Bonchev–Trinajstić information content (AvgIpc) is 2.71. The number of ether oxygens (including phenoxy) is 2. The lowest BCUT2D eigenvalue weighted by Gasteiger charge is -2.23. The topological polar surface area (TPSA) is 90.7 Å². The maximum Gasteiger partial charge on any atom is 0.418 e. The van der Waals surface area contributed by atoms with Crippen molar-refractivity contribution in [1.82, 2.24) is 10.3 Å². The third kappa shape index (κ3) is 6.55. The minimum atomic E-state index is -4.74. The van der Waals surface area contributed by atoms with Crippen LogP contribution in [0.25, 0.3) is 10.9 Å². The van der Waals surface area contributed by atoms with Gasteiger partial charge in [-0.2, -0.15) is 13.2 Å². The van der Waals surface area contributed by atoms with Crippen LogP contribution in [0.3, 0.4) is 0 Å². The summed E-state index contributed by atoms with van der Waals surface area (Å²) in [6.07, 6.45) is -5.61. The van der Waals surface area contributed by atoms with E-state index in [-0.39, 0.29) is 18.6 Å². The molecule has 1 aromatic heterocycles. The van der Waals surface area contributed by atoms with Crippen molar-refractivity contribution in [2.24, 2.45) is 0 Å². The molecule has 33 heavy (non-hydrogen) atoms. The Morgan fingerprint density at radius 1 is 1.09 bits per heavy atom. The molecule has 3 rings (SSSR count). The maximum absolute atomic E-state index is 13.5. The van der Waals surface area contributed by atoms with E-state index >= 15 is 0 Å². The molecule has 0 bridgehead atoms. The molecule has 0 aliphatic heterocycles. The average molecular weight is 464 g/mol. The number of benzene rings is 2. The number of para-hydroxylation sites is 1. The number of hydrogen-bond donors (Lipinski definition) is 1. The minimum absolute atomic E-state index is 0.152. The van der Waals surface area contributed by atoms with E-state index in [0.29, 0.717) is 0 Å². The maximum atomic E-state index is 13.5. The van der Waals surface area contributed by atoms with Gasteiger partial charge in [-0.1, -0.05) is 36.4 Å². The van der Waals surface area contributed by atoms with Crippen LogP contribution in [0.5, 0.6) is 0 Å². The Morgan fingerprint density at radius 2 is 1.79 bits per heavy atom. The van der Waals surface area contributed by atoms with Crippen LogP contribution >= 0.6 is 0 Å². The Balaban J connectivity index is 1.95. The highest BCUT2D eigenvalue weighted by atomic mass is 19.4. The standard InChI is InChI=1S/C23H23F3N2O5/c1-22(2,3)33-21(30)27-17(13-31-12-14-8-5-4-6-9-14)19-28-18-15(20(29)32-19)10-7-11-16(18)23(24,25)26/h4-11,17H,12-13H2,1-3H3,(H,27,30). The normalized spacial score (nSPS) is 13.0. The van der Waals surface area contributed by atoms with Crippen molar-refractivity contribution in [3.63, 3.8) is 0 Å². The summed E-state index contributed by atoms with van der Waals surface area (Å²) >= 11 is 0. The summed E-state index contributed by atoms with van der Waals surface area (Å²) in [4.78, 5) is 28.7. The zero-order chi connectivity index (χ0) is 24.2. The summed E-state index contributed by atoms with van der Waals surface area (Å²) in [5.74, 6) is -0.428. The van der Waals surface area contributed by atoms with Crippen molar-refractivity contribution >= 4 is 17.0 Å². The van der Waals surface area contributed by atoms with Crippen LogP contribution in [-0.4, -0.2) is 23.3 Å². The van der Waals surface area contributed by atoms with Gasteiger partial charge < -0.3 is 19.2 Å². The van der Waals surface area contributed by atoms with Crippen molar-refractivity contribution in [2.75, 3.05) is 6.61 Å². The summed E-state index contributed by atoms with van der Waals surface area (Å²) in [5, 5.41) is 2.14. The van der Waals surface area contributed by atoms with Gasteiger partial charge in [0.1, 0.15) is 11.6 Å². The molecule has 0 spiro atoms. The van der Waals surface area contributed by atoms with Crippen LogP contribution in [0, 0.1) is 0 Å². The van der Waals surface area contributed by atoms with E-state index in [1.807, 2.05) is 30.3 Å². The molecular formula is C23H23F3N2O5. The predicted molar refractivity (Wildman–Crippen MR) is 113 cm³/mol. The molecule has 1 unspecified atom stereocenters. The monoisotopic (exact) mass is 464 g/mol. The highest BCUT2D eigenvalue weighted by Crippen LogP contribution is 2.33. The number of alkyl carbamates (subject to hydrolysis) is 1. The van der Waals surface area contributed by atoms with Crippen molar-refractivity contribution in [1.29, 1.82) is 0 Å². The number of hydrogen-bond acceptors (Lipinski definition) is 6. The Morgan fingerprint density at radius 3 is 2.42 bits per heavy atom. The second-order valence-electron chi connectivity index (χ2n) is 8.24. The number of amides is 1. The quantitative estimate of drug-likeness (QED) is 0.553. The number of alkyl halides is 3. The number of fused-ring (bicyclic) bond motifs is 1. The smallest absolute Gasteiger partial charge is 0.418 e. The van der Waals surface area contributed by atoms with Gasteiger partial charge in [0.05, 0.1) is 29.7 Å². The first-order chi connectivity index (χ1) is 15.4. The van der Waals surface area contributed by atoms with Crippen molar-refractivity contribution in [3.05, 3.63) is 76.0 Å². The van der Waals surface area contributed by atoms with Gasteiger partial charge in [-0.05, 0) is 38.5 Å². The molecule has 2 aromatic carbocycles. The van der Waals surface area contributed by atoms with Gasteiger partial charge in [0.25, 0.3) is 0 Å². The number of halogens is 3. The Kier molecular flexibility index (Phi) is 7.06. The molecular weight excluding hydrogens is 441 g/mol. The van der Waals surface area contributed by atoms with Crippen LogP contribution in [-0.2, 0) is 22.3 Å². The van der Waals surface area contributed by atoms with Gasteiger partial charge in [0, 0.05) is 0 Å². The molecule has 3 aromatic rings. The lowest BCUT2D eigenvalue weighted by atomic mass is 10.1. The first-order valence-electron chi connectivity index (χ1n) is 10.1. The second kappa shape index (κ2) is 9.62. The van der Waals surface area contributed by atoms with Crippen molar-refractivity contribution in [3.8, 4) is 0 Å². The van der Waals surface area contributed by atoms with E-state index in [1.54, 1.807) is 20.8 Å². The van der Waals surface area contributed by atoms with Gasteiger partial charge in [-0.15, -0.1) is 0 Å². The van der Waals surface area contributed by atoms with Gasteiger partial charge in [0.15, 0.2) is 0 Å². The number of carbonyl (C=O) groups excluding carboxylic acids is 1. The predicted octanol–water partition coefficient (Wildman–Crippen LogP) is 4.99. The van der Waals surface area contributed by atoms with Crippen LogP contribution in [0.4, 0.5) is 18.0 Å². The molecule has 1 heterocycles. The largest absolute Gasteiger partial charge is 0.444 e. The molecule has 176 valence electrons. The molecule has 0 saturated carbocycles. The van der Waals surface area contributed by atoms with Crippen LogP contribution < -0.4 is 10.9 Å². The fraction of sp³-hybridized carbons (Fsp3) is 0.348. The van der Waals surface area contributed by atoms with Gasteiger partial charge >= 0.3 is 17.9 Å². The fourth-order valence-corrected chi connectivity index (χ4v) is 2.98. The van der Waals surface area contributed by atoms with E-state index in [9.17, 15) is 22.8 Å². The highest BCUT2D eigenvalue weighted by Gasteiger charge is 2.34. The van der Waals surface area contributed by atoms with E-state index < -0.39 is 46.5 Å². The number of nitrogens with one attached hydrogen (secondary N) is 1. The Labute approximate surface area is 187 Å². The molecule has 1 atom stereocenters. The first-order valence-corrected chi connectivity index (χ1v) is 10.1. The summed E-state index contributed by atoms with van der Waals surface area (Å²) in [7, 11) is 0. The summed E-state index contributed by atoms with van der Waals surface area (Å²) in [6, 6.07) is 11.0. The van der Waals surface area contributed by atoms with Gasteiger partial charge in [-0.25, -0.2) is 14.6 Å². The Hall–Kier alpha value is -3.40. The molecule has 0 aliphatic rings. The molecule has 0 radical (unpaired) electrons. The van der Waals surface area contributed by atoms with Gasteiger partial charge in [0.2, 0.25) is 5.89 Å². The van der Waals surface area contributed by atoms with E-state index in [0.717, 1.165) is 17.7 Å². The second-order valence-corrected chi connectivity index (χ2v) is 8.24. The number of rotatable bonds is 6. The van der Waals surface area contributed by atoms with E-state index in [2.05, 4.69) is 10.3 Å².